The zero-order valence-corrected chi connectivity index (χ0v) is 17.4. The Kier molecular flexibility index (Phi) is 7.23. The Morgan fingerprint density at radius 3 is 2.79 bits per heavy atom. The maximum absolute atomic E-state index is 12.3. The number of para-hydroxylation sites is 1. The van der Waals surface area contributed by atoms with Gasteiger partial charge in [0.05, 0.1) is 10.9 Å². The van der Waals surface area contributed by atoms with E-state index in [0.29, 0.717) is 17.3 Å². The molecule has 148 valence electrons. The summed E-state index contributed by atoms with van der Waals surface area (Å²) in [5, 5.41) is 5.92. The standard InChI is InChI=1S/C21H24ClN3O2S/c1-2-25(16-7-4-3-5-8-16)12-6-11-23-20(26)14-19-21(27)24-17-13-15(22)9-10-18(17)28-19/h3-5,7-10,13,19H,2,6,11-12,14H2,1H3,(H,23,26)(H,24,27). The highest BCUT2D eigenvalue weighted by Gasteiger charge is 2.29. The molecule has 0 fully saturated rings. The molecule has 2 amide bonds. The number of anilines is 2. The lowest BCUT2D eigenvalue weighted by atomic mass is 10.2. The number of halogens is 1. The third-order valence-electron chi connectivity index (χ3n) is 4.56. The average molecular weight is 418 g/mol. The topological polar surface area (TPSA) is 61.4 Å². The smallest absolute Gasteiger partial charge is 0.238 e. The first-order chi connectivity index (χ1) is 13.6. The van der Waals surface area contributed by atoms with Crippen LogP contribution in [-0.4, -0.2) is 36.7 Å². The van der Waals surface area contributed by atoms with Crippen molar-refractivity contribution in [3.05, 3.63) is 53.6 Å². The number of nitrogens with zero attached hydrogens (tertiary/aromatic N) is 1. The van der Waals surface area contributed by atoms with E-state index in [4.69, 9.17) is 11.6 Å². The number of nitrogens with one attached hydrogen (secondary N) is 2. The van der Waals surface area contributed by atoms with E-state index in [1.165, 1.54) is 17.4 Å². The van der Waals surface area contributed by atoms with Crippen molar-refractivity contribution in [2.24, 2.45) is 0 Å². The van der Waals surface area contributed by atoms with Crippen molar-refractivity contribution in [2.45, 2.75) is 29.9 Å². The van der Waals surface area contributed by atoms with Crippen LogP contribution in [0.5, 0.6) is 0 Å². The van der Waals surface area contributed by atoms with E-state index in [0.717, 1.165) is 24.4 Å². The van der Waals surface area contributed by atoms with Gasteiger partial charge in [-0.1, -0.05) is 29.8 Å². The molecule has 0 radical (unpaired) electrons. The zero-order valence-electron chi connectivity index (χ0n) is 15.8. The molecule has 1 heterocycles. The number of carbonyl (C=O) groups excluding carboxylic acids is 2. The minimum absolute atomic E-state index is 0.104. The van der Waals surface area contributed by atoms with Gasteiger partial charge in [0.2, 0.25) is 11.8 Å². The summed E-state index contributed by atoms with van der Waals surface area (Å²) < 4.78 is 0. The van der Waals surface area contributed by atoms with Gasteiger partial charge in [-0.15, -0.1) is 11.8 Å². The summed E-state index contributed by atoms with van der Waals surface area (Å²) in [6, 6.07) is 15.6. The predicted octanol–water partition coefficient (Wildman–Crippen LogP) is 4.18. The minimum Gasteiger partial charge on any atom is -0.372 e. The van der Waals surface area contributed by atoms with E-state index in [9.17, 15) is 9.59 Å². The number of amides is 2. The second-order valence-electron chi connectivity index (χ2n) is 6.56. The van der Waals surface area contributed by atoms with E-state index in [1.807, 2.05) is 24.3 Å². The van der Waals surface area contributed by atoms with Crippen molar-refractivity contribution in [1.82, 2.24) is 5.32 Å². The summed E-state index contributed by atoms with van der Waals surface area (Å²) in [6.45, 7) is 4.50. The fourth-order valence-corrected chi connectivity index (χ4v) is 4.37. The van der Waals surface area contributed by atoms with Gasteiger partial charge in [0.1, 0.15) is 0 Å². The number of carbonyl (C=O) groups is 2. The van der Waals surface area contributed by atoms with Crippen molar-refractivity contribution >= 4 is 46.6 Å². The summed E-state index contributed by atoms with van der Waals surface area (Å²) in [6.07, 6.45) is 1.01. The predicted molar refractivity (Wildman–Crippen MR) is 116 cm³/mol. The maximum atomic E-state index is 12.3. The van der Waals surface area contributed by atoms with Gasteiger partial charge < -0.3 is 15.5 Å². The lowest BCUT2D eigenvalue weighted by Crippen LogP contribution is -2.36. The summed E-state index contributed by atoms with van der Waals surface area (Å²) in [7, 11) is 0. The summed E-state index contributed by atoms with van der Waals surface area (Å²) >= 11 is 7.37. The van der Waals surface area contributed by atoms with Gasteiger partial charge in [0.15, 0.2) is 0 Å². The number of hydrogen-bond donors (Lipinski definition) is 2. The number of hydrogen-bond acceptors (Lipinski definition) is 4. The Morgan fingerprint density at radius 2 is 2.04 bits per heavy atom. The Hall–Kier alpha value is -2.18. The van der Waals surface area contributed by atoms with Crippen LogP contribution in [0.3, 0.4) is 0 Å². The highest BCUT2D eigenvalue weighted by molar-refractivity contribution is 8.01. The van der Waals surface area contributed by atoms with Gasteiger partial charge in [0.25, 0.3) is 0 Å². The SMILES string of the molecule is CCN(CCCNC(=O)CC1Sc2ccc(Cl)cc2NC1=O)c1ccccc1. The number of thioether (sulfide) groups is 1. The average Bonchev–Trinajstić information content (AvgIpc) is 2.69. The van der Waals surface area contributed by atoms with Crippen molar-refractivity contribution in [3.63, 3.8) is 0 Å². The first-order valence-corrected chi connectivity index (χ1v) is 10.7. The summed E-state index contributed by atoms with van der Waals surface area (Å²) in [5.74, 6) is -0.260. The van der Waals surface area contributed by atoms with Gasteiger partial charge in [0, 0.05) is 41.7 Å². The molecule has 1 aliphatic rings. The van der Waals surface area contributed by atoms with Crippen molar-refractivity contribution in [3.8, 4) is 0 Å². The first-order valence-electron chi connectivity index (χ1n) is 9.40. The van der Waals surface area contributed by atoms with Crippen LogP contribution in [0, 0.1) is 0 Å². The fourth-order valence-electron chi connectivity index (χ4n) is 3.10. The third kappa shape index (κ3) is 5.42. The molecule has 0 saturated carbocycles. The quantitative estimate of drug-likeness (QED) is 0.632. The molecule has 0 aliphatic carbocycles. The van der Waals surface area contributed by atoms with Crippen LogP contribution in [0.25, 0.3) is 0 Å². The van der Waals surface area contributed by atoms with Crippen molar-refractivity contribution in [2.75, 3.05) is 29.9 Å². The molecule has 2 aromatic rings. The maximum Gasteiger partial charge on any atom is 0.238 e. The Bertz CT molecular complexity index is 832. The molecule has 3 rings (SSSR count). The van der Waals surface area contributed by atoms with Crippen LogP contribution < -0.4 is 15.5 Å². The van der Waals surface area contributed by atoms with Crippen molar-refractivity contribution in [1.29, 1.82) is 0 Å². The van der Waals surface area contributed by atoms with Gasteiger partial charge >= 0.3 is 0 Å². The minimum atomic E-state index is -0.426. The highest BCUT2D eigenvalue weighted by atomic mass is 35.5. The normalized spacial score (nSPS) is 15.5. The van der Waals surface area contributed by atoms with E-state index >= 15 is 0 Å². The van der Waals surface area contributed by atoms with Crippen LogP contribution >= 0.6 is 23.4 Å². The van der Waals surface area contributed by atoms with E-state index in [1.54, 1.807) is 12.1 Å². The number of fused-ring (bicyclic) bond motifs is 1. The van der Waals surface area contributed by atoms with Crippen LogP contribution in [0.4, 0.5) is 11.4 Å². The number of rotatable bonds is 8. The molecular weight excluding hydrogens is 394 g/mol. The lowest BCUT2D eigenvalue weighted by molar-refractivity contribution is -0.124. The molecule has 0 saturated heterocycles. The Labute approximate surface area is 174 Å². The van der Waals surface area contributed by atoms with Gasteiger partial charge in [-0.25, -0.2) is 0 Å². The van der Waals surface area contributed by atoms with Crippen LogP contribution in [0.2, 0.25) is 5.02 Å². The highest BCUT2D eigenvalue weighted by Crippen LogP contribution is 2.38. The number of benzene rings is 2. The molecule has 0 aromatic heterocycles. The molecule has 2 aromatic carbocycles. The van der Waals surface area contributed by atoms with Gasteiger partial charge in [-0.2, -0.15) is 0 Å². The van der Waals surface area contributed by atoms with Crippen LogP contribution in [0.1, 0.15) is 19.8 Å². The first kappa shape index (κ1) is 20.6. The molecule has 0 bridgehead atoms. The van der Waals surface area contributed by atoms with E-state index < -0.39 is 5.25 Å². The second kappa shape index (κ2) is 9.85. The molecule has 0 spiro atoms. The van der Waals surface area contributed by atoms with Crippen LogP contribution in [0.15, 0.2) is 53.4 Å². The van der Waals surface area contributed by atoms with Gasteiger partial charge in [-0.3, -0.25) is 9.59 Å². The molecule has 1 atom stereocenters. The molecule has 7 heteroatoms. The Morgan fingerprint density at radius 1 is 1.25 bits per heavy atom. The summed E-state index contributed by atoms with van der Waals surface area (Å²) in [4.78, 5) is 27.7. The van der Waals surface area contributed by atoms with Crippen LogP contribution in [-0.2, 0) is 9.59 Å². The second-order valence-corrected chi connectivity index (χ2v) is 8.24. The molecule has 1 unspecified atom stereocenters. The molecule has 5 nitrogen and oxygen atoms in total. The van der Waals surface area contributed by atoms with Crippen molar-refractivity contribution < 1.29 is 9.59 Å². The molecular formula is C21H24ClN3O2S. The monoisotopic (exact) mass is 417 g/mol. The van der Waals surface area contributed by atoms with Gasteiger partial charge in [-0.05, 0) is 43.7 Å². The fraction of sp³-hybridized carbons (Fsp3) is 0.333. The lowest BCUT2D eigenvalue weighted by Gasteiger charge is -2.24. The summed E-state index contributed by atoms with van der Waals surface area (Å²) in [5.41, 5.74) is 1.89. The molecule has 28 heavy (non-hydrogen) atoms. The van der Waals surface area contributed by atoms with E-state index in [2.05, 4.69) is 34.6 Å². The largest absolute Gasteiger partial charge is 0.372 e. The Balaban J connectivity index is 1.43. The van der Waals surface area contributed by atoms with E-state index in [-0.39, 0.29) is 18.2 Å². The zero-order chi connectivity index (χ0) is 19.9. The third-order valence-corrected chi connectivity index (χ3v) is 6.07. The molecule has 2 N–H and O–H groups in total. The molecule has 1 aliphatic heterocycles.